The fourth-order valence-corrected chi connectivity index (χ4v) is 2.95. The summed E-state index contributed by atoms with van der Waals surface area (Å²) in [7, 11) is 1.55. The van der Waals surface area contributed by atoms with Crippen LogP contribution in [0.3, 0.4) is 0 Å². The molecule has 0 saturated carbocycles. The topological polar surface area (TPSA) is 100 Å². The standard InChI is InChI=1S/C17H14ClN5O4/c1-9-20-21-22-23(9)13-7-11(3-4-14(13)25-2)19-17(24)10-5-12(18)16-15(6-10)26-8-27-16/h3-7H,8H2,1-2H3,(H,19,24). The number of rotatable bonds is 4. The van der Waals surface area contributed by atoms with Gasteiger partial charge in [0.15, 0.2) is 17.3 Å². The number of halogens is 1. The zero-order valence-electron chi connectivity index (χ0n) is 14.4. The lowest BCUT2D eigenvalue weighted by molar-refractivity contribution is 0.102. The maximum atomic E-state index is 12.6. The Morgan fingerprint density at radius 1 is 1.30 bits per heavy atom. The smallest absolute Gasteiger partial charge is 0.255 e. The number of anilines is 1. The molecular weight excluding hydrogens is 374 g/mol. The summed E-state index contributed by atoms with van der Waals surface area (Å²) >= 11 is 6.14. The summed E-state index contributed by atoms with van der Waals surface area (Å²) in [6.45, 7) is 1.84. The van der Waals surface area contributed by atoms with Crippen LogP contribution in [0.1, 0.15) is 16.2 Å². The number of benzene rings is 2. The zero-order chi connectivity index (χ0) is 19.0. The van der Waals surface area contributed by atoms with E-state index in [0.717, 1.165) is 0 Å². The van der Waals surface area contributed by atoms with Crippen molar-refractivity contribution in [1.82, 2.24) is 20.2 Å². The minimum Gasteiger partial charge on any atom is -0.494 e. The van der Waals surface area contributed by atoms with Crippen LogP contribution in [0.25, 0.3) is 5.69 Å². The molecule has 3 aromatic rings. The first kappa shape index (κ1) is 17.1. The SMILES string of the molecule is COc1ccc(NC(=O)c2cc(Cl)c3c(c2)OCO3)cc1-n1nnnc1C. The van der Waals surface area contributed by atoms with Crippen LogP contribution in [0.5, 0.6) is 17.2 Å². The molecule has 0 radical (unpaired) electrons. The van der Waals surface area contributed by atoms with E-state index in [4.69, 9.17) is 25.8 Å². The first-order valence-corrected chi connectivity index (χ1v) is 8.28. The molecule has 1 aliphatic heterocycles. The number of carbonyl (C=O) groups is 1. The molecule has 1 amide bonds. The lowest BCUT2D eigenvalue weighted by Crippen LogP contribution is -2.13. The average molecular weight is 388 g/mol. The van der Waals surface area contributed by atoms with E-state index in [1.165, 1.54) is 10.7 Å². The number of hydrogen-bond acceptors (Lipinski definition) is 7. The van der Waals surface area contributed by atoms with E-state index < -0.39 is 0 Å². The maximum absolute atomic E-state index is 12.6. The summed E-state index contributed by atoms with van der Waals surface area (Å²) < 4.78 is 17.4. The molecule has 0 aliphatic carbocycles. The van der Waals surface area contributed by atoms with Crippen LogP contribution in [0.4, 0.5) is 5.69 Å². The van der Waals surface area contributed by atoms with E-state index in [2.05, 4.69) is 20.8 Å². The molecule has 138 valence electrons. The number of aryl methyl sites for hydroxylation is 1. The van der Waals surface area contributed by atoms with Gasteiger partial charge in [0, 0.05) is 11.3 Å². The van der Waals surface area contributed by atoms with Gasteiger partial charge in [0.05, 0.1) is 12.1 Å². The first-order chi connectivity index (χ1) is 13.1. The van der Waals surface area contributed by atoms with E-state index >= 15 is 0 Å². The van der Waals surface area contributed by atoms with Gasteiger partial charge in [-0.15, -0.1) is 5.10 Å². The summed E-state index contributed by atoms with van der Waals surface area (Å²) in [5, 5.41) is 14.6. The van der Waals surface area contributed by atoms with Gasteiger partial charge in [-0.3, -0.25) is 4.79 Å². The van der Waals surface area contributed by atoms with Gasteiger partial charge in [-0.25, -0.2) is 0 Å². The third kappa shape index (κ3) is 3.13. The molecule has 1 aliphatic rings. The number of amides is 1. The highest BCUT2D eigenvalue weighted by molar-refractivity contribution is 6.32. The Labute approximate surface area is 158 Å². The fourth-order valence-electron chi connectivity index (χ4n) is 2.69. The number of nitrogens with one attached hydrogen (secondary N) is 1. The lowest BCUT2D eigenvalue weighted by Gasteiger charge is -2.12. The fraction of sp³-hybridized carbons (Fsp3) is 0.176. The van der Waals surface area contributed by atoms with Crippen LogP contribution in [0, 0.1) is 6.92 Å². The Morgan fingerprint density at radius 3 is 2.89 bits per heavy atom. The quantitative estimate of drug-likeness (QED) is 0.734. The van der Waals surface area contributed by atoms with Crippen LogP contribution in [-0.2, 0) is 0 Å². The molecule has 0 spiro atoms. The van der Waals surface area contributed by atoms with Gasteiger partial charge >= 0.3 is 0 Å². The number of ether oxygens (including phenoxy) is 3. The second-order valence-electron chi connectivity index (χ2n) is 5.67. The van der Waals surface area contributed by atoms with Crippen LogP contribution in [-0.4, -0.2) is 40.0 Å². The Morgan fingerprint density at radius 2 is 2.15 bits per heavy atom. The van der Waals surface area contributed by atoms with Crippen molar-refractivity contribution in [3.8, 4) is 22.9 Å². The summed E-state index contributed by atoms with van der Waals surface area (Å²) in [5.74, 6) is 1.68. The van der Waals surface area contributed by atoms with Crippen LogP contribution < -0.4 is 19.5 Å². The van der Waals surface area contributed by atoms with Crippen molar-refractivity contribution in [3.05, 3.63) is 46.7 Å². The number of fused-ring (bicyclic) bond motifs is 1. The van der Waals surface area contributed by atoms with Crippen molar-refractivity contribution in [2.75, 3.05) is 19.2 Å². The van der Waals surface area contributed by atoms with Crippen LogP contribution in [0.2, 0.25) is 5.02 Å². The Bertz CT molecular complexity index is 1040. The minimum atomic E-state index is -0.347. The van der Waals surface area contributed by atoms with Crippen molar-refractivity contribution in [1.29, 1.82) is 0 Å². The highest BCUT2D eigenvalue weighted by Gasteiger charge is 2.21. The molecule has 1 N–H and O–H groups in total. The molecule has 2 heterocycles. The summed E-state index contributed by atoms with van der Waals surface area (Å²) in [6.07, 6.45) is 0. The predicted molar refractivity (Wildman–Crippen MR) is 96.0 cm³/mol. The van der Waals surface area contributed by atoms with Crippen molar-refractivity contribution >= 4 is 23.2 Å². The number of hydrogen-bond donors (Lipinski definition) is 1. The molecule has 0 bridgehead atoms. The number of aromatic nitrogens is 4. The minimum absolute atomic E-state index is 0.0766. The van der Waals surface area contributed by atoms with Gasteiger partial charge in [-0.2, -0.15) is 4.68 Å². The van der Waals surface area contributed by atoms with Gasteiger partial charge < -0.3 is 19.5 Å². The monoisotopic (exact) mass is 387 g/mol. The lowest BCUT2D eigenvalue weighted by atomic mass is 10.1. The van der Waals surface area contributed by atoms with Gasteiger partial charge in [-0.1, -0.05) is 11.6 Å². The molecule has 0 atom stereocenters. The summed E-state index contributed by atoms with van der Waals surface area (Å²) in [6, 6.07) is 8.27. The maximum Gasteiger partial charge on any atom is 0.255 e. The molecule has 0 saturated heterocycles. The molecule has 0 fully saturated rings. The highest BCUT2D eigenvalue weighted by atomic mass is 35.5. The molecule has 0 unspecified atom stereocenters. The second-order valence-corrected chi connectivity index (χ2v) is 6.08. The second kappa shape index (κ2) is 6.76. The Kier molecular flexibility index (Phi) is 4.28. The van der Waals surface area contributed by atoms with E-state index in [-0.39, 0.29) is 12.7 Å². The molecule has 9 nitrogen and oxygen atoms in total. The number of carbonyl (C=O) groups excluding carboxylic acids is 1. The first-order valence-electron chi connectivity index (χ1n) is 7.90. The van der Waals surface area contributed by atoms with Crippen molar-refractivity contribution < 1.29 is 19.0 Å². The van der Waals surface area contributed by atoms with Gasteiger partial charge in [-0.05, 0) is 47.7 Å². The van der Waals surface area contributed by atoms with Gasteiger partial charge in [0.1, 0.15) is 11.4 Å². The third-order valence-electron chi connectivity index (χ3n) is 3.98. The zero-order valence-corrected chi connectivity index (χ0v) is 15.1. The molecule has 4 rings (SSSR count). The largest absolute Gasteiger partial charge is 0.494 e. The van der Waals surface area contributed by atoms with E-state index in [1.54, 1.807) is 38.3 Å². The predicted octanol–water partition coefficient (Wildman–Crippen LogP) is 2.61. The Hall–Kier alpha value is -3.33. The average Bonchev–Trinajstić information content (AvgIpc) is 3.30. The molecule has 1 aromatic heterocycles. The summed E-state index contributed by atoms with van der Waals surface area (Å²) in [4.78, 5) is 12.6. The normalized spacial score (nSPS) is 12.1. The third-order valence-corrected chi connectivity index (χ3v) is 4.26. The summed E-state index contributed by atoms with van der Waals surface area (Å²) in [5.41, 5.74) is 1.49. The van der Waals surface area contributed by atoms with E-state index in [9.17, 15) is 4.79 Å². The van der Waals surface area contributed by atoms with Crippen molar-refractivity contribution in [2.24, 2.45) is 0 Å². The molecular formula is C17H14ClN5O4. The van der Waals surface area contributed by atoms with Gasteiger partial charge in [0.2, 0.25) is 6.79 Å². The molecule has 10 heteroatoms. The van der Waals surface area contributed by atoms with Crippen LogP contribution in [0.15, 0.2) is 30.3 Å². The van der Waals surface area contributed by atoms with Crippen molar-refractivity contribution in [3.63, 3.8) is 0 Å². The number of tetrazole rings is 1. The number of nitrogens with zero attached hydrogens (tertiary/aromatic N) is 4. The molecule has 27 heavy (non-hydrogen) atoms. The molecule has 2 aromatic carbocycles. The Balaban J connectivity index is 1.64. The van der Waals surface area contributed by atoms with Gasteiger partial charge in [0.25, 0.3) is 5.91 Å². The number of methoxy groups -OCH3 is 1. The van der Waals surface area contributed by atoms with E-state index in [1.807, 2.05) is 0 Å². The van der Waals surface area contributed by atoms with Crippen molar-refractivity contribution in [2.45, 2.75) is 6.92 Å². The highest BCUT2D eigenvalue weighted by Crippen LogP contribution is 2.40. The van der Waals surface area contributed by atoms with Crippen LogP contribution >= 0.6 is 11.6 Å². The van der Waals surface area contributed by atoms with E-state index in [0.29, 0.717) is 45.0 Å².